The molecule has 3 aromatic rings. The maximum Gasteiger partial charge on any atom is 0.337 e. The Hall–Kier alpha value is -3.48. The molecule has 46 heavy (non-hydrogen) atoms. The van der Waals surface area contributed by atoms with Gasteiger partial charge in [-0.25, -0.2) is 9.59 Å². The van der Waals surface area contributed by atoms with Gasteiger partial charge in [0.15, 0.2) is 0 Å². The number of fused-ring (bicyclic) bond motifs is 3. The van der Waals surface area contributed by atoms with E-state index in [1.807, 2.05) is 0 Å². The number of rotatable bonds is 10. The summed E-state index contributed by atoms with van der Waals surface area (Å²) in [5.74, 6) is -1.25. The average Bonchev–Trinajstić information content (AvgIpc) is 3.24. The van der Waals surface area contributed by atoms with Crippen molar-refractivity contribution < 1.29 is 24.5 Å². The number of aromatic carboxylic acids is 2. The molecule has 3 heterocycles. The summed E-state index contributed by atoms with van der Waals surface area (Å²) in [6.07, 6.45) is 11.6. The molecule has 0 saturated carbocycles. The first-order valence-electron chi connectivity index (χ1n) is 16.7. The summed E-state index contributed by atoms with van der Waals surface area (Å²) in [5, 5.41) is 21.9. The van der Waals surface area contributed by atoms with Crippen molar-refractivity contribution in [3.63, 3.8) is 0 Å². The van der Waals surface area contributed by atoms with E-state index in [9.17, 15) is 19.8 Å². The molecule has 0 radical (unpaired) electrons. The third-order valence-corrected chi connectivity index (χ3v) is 10.5. The van der Waals surface area contributed by atoms with Crippen molar-refractivity contribution in [3.8, 4) is 11.5 Å². The molecule has 3 aliphatic rings. The molecule has 0 fully saturated rings. The summed E-state index contributed by atoms with van der Waals surface area (Å²) in [6, 6.07) is 5.55. The summed E-state index contributed by atoms with van der Waals surface area (Å²) in [4.78, 5) is 27.6. The maximum atomic E-state index is 13.0. The van der Waals surface area contributed by atoms with Crippen molar-refractivity contribution in [3.05, 3.63) is 83.2 Å². The summed E-state index contributed by atoms with van der Waals surface area (Å²) in [7, 11) is 0. The lowest BCUT2D eigenvalue weighted by Crippen LogP contribution is -2.32. The van der Waals surface area contributed by atoms with Crippen LogP contribution in [0, 0.1) is 0 Å². The number of unbranched alkanes of at least 4 members (excludes halogenated alkanes) is 3. The number of carboxylic acid groups (broad SMARTS) is 2. The summed E-state index contributed by atoms with van der Waals surface area (Å²) >= 11 is 13.6. The van der Waals surface area contributed by atoms with Crippen LogP contribution in [0.15, 0.2) is 18.2 Å². The van der Waals surface area contributed by atoms with E-state index < -0.39 is 11.9 Å². The number of ether oxygens (including phenoxy) is 1. The van der Waals surface area contributed by atoms with E-state index in [1.165, 1.54) is 17.3 Å². The van der Waals surface area contributed by atoms with Gasteiger partial charge < -0.3 is 19.8 Å². The van der Waals surface area contributed by atoms with Gasteiger partial charge >= 0.3 is 11.9 Å². The van der Waals surface area contributed by atoms with Crippen molar-refractivity contribution in [2.75, 3.05) is 18.0 Å². The zero-order chi connectivity index (χ0) is 32.7. The van der Waals surface area contributed by atoms with Crippen LogP contribution in [0.4, 0.5) is 5.69 Å². The van der Waals surface area contributed by atoms with Crippen LogP contribution in [0.25, 0.3) is 12.2 Å². The van der Waals surface area contributed by atoms with Gasteiger partial charge in [-0.1, -0.05) is 62.9 Å². The highest BCUT2D eigenvalue weighted by molar-refractivity contribution is 6.40. The van der Waals surface area contributed by atoms with Gasteiger partial charge in [-0.15, -0.1) is 0 Å². The molecule has 0 bridgehead atoms. The summed E-state index contributed by atoms with van der Waals surface area (Å²) < 4.78 is 7.06. The smallest absolute Gasteiger partial charge is 0.337 e. The average molecular weight is 663 g/mol. The van der Waals surface area contributed by atoms with Gasteiger partial charge in [-0.05, 0) is 92.3 Å². The largest absolute Gasteiger partial charge is 0.478 e. The number of hydrogen-bond acceptors (Lipinski definition) is 4. The molecule has 3 aliphatic heterocycles. The number of carbonyl (C=O) groups is 2. The van der Waals surface area contributed by atoms with Crippen molar-refractivity contribution >= 4 is 53.0 Å². The molecule has 0 atom stereocenters. The van der Waals surface area contributed by atoms with Gasteiger partial charge in [0.05, 0.1) is 21.2 Å². The van der Waals surface area contributed by atoms with Gasteiger partial charge in [0, 0.05) is 51.8 Å². The van der Waals surface area contributed by atoms with Gasteiger partial charge in [0.2, 0.25) is 0 Å². The molecule has 0 spiro atoms. The zero-order valence-electron chi connectivity index (χ0n) is 26.7. The second kappa shape index (κ2) is 13.3. The Morgan fingerprint density at radius 2 is 1.67 bits per heavy atom. The predicted molar refractivity (Wildman–Crippen MR) is 185 cm³/mol. The van der Waals surface area contributed by atoms with Crippen LogP contribution in [0.1, 0.15) is 119 Å². The lowest BCUT2D eigenvalue weighted by molar-refractivity contribution is 0.0695. The Labute approximate surface area is 280 Å². The molecule has 6 rings (SSSR count). The molecular weight excluding hydrogens is 621 g/mol. The van der Waals surface area contributed by atoms with Crippen LogP contribution >= 0.6 is 23.2 Å². The molecule has 3 aromatic carbocycles. The highest BCUT2D eigenvalue weighted by atomic mass is 35.5. The number of carboxylic acids is 2. The zero-order valence-corrected chi connectivity index (χ0v) is 28.2. The highest BCUT2D eigenvalue weighted by Crippen LogP contribution is 2.50. The minimum Gasteiger partial charge on any atom is -0.478 e. The quantitative estimate of drug-likeness (QED) is 0.166. The van der Waals surface area contributed by atoms with E-state index in [0.717, 1.165) is 129 Å². The molecule has 0 unspecified atom stereocenters. The normalized spacial score (nSPS) is 15.0. The topological polar surface area (TPSA) is 87.1 Å². The van der Waals surface area contributed by atoms with E-state index in [-0.39, 0.29) is 26.7 Å². The first-order chi connectivity index (χ1) is 22.2. The number of anilines is 1. The molecule has 0 amide bonds. The lowest BCUT2D eigenvalue weighted by atomic mass is 9.82. The van der Waals surface area contributed by atoms with Gasteiger partial charge in [0.1, 0.15) is 11.5 Å². The molecule has 242 valence electrons. The molecule has 0 saturated heterocycles. The summed E-state index contributed by atoms with van der Waals surface area (Å²) in [5.41, 5.74) is 6.73. The van der Waals surface area contributed by atoms with Crippen LogP contribution in [-0.2, 0) is 25.7 Å². The van der Waals surface area contributed by atoms with Crippen LogP contribution in [-0.4, -0.2) is 35.2 Å². The van der Waals surface area contributed by atoms with Crippen molar-refractivity contribution in [1.82, 2.24) is 0 Å². The fourth-order valence-corrected chi connectivity index (χ4v) is 8.17. The second-order valence-electron chi connectivity index (χ2n) is 12.8. The number of benzene rings is 3. The van der Waals surface area contributed by atoms with E-state index in [2.05, 4.69) is 37.5 Å². The van der Waals surface area contributed by atoms with E-state index >= 15 is 0 Å². The minimum atomic E-state index is -1.34. The Balaban J connectivity index is 1.79. The second-order valence-corrected chi connectivity index (χ2v) is 13.6. The third-order valence-electron chi connectivity index (χ3n) is 9.79. The molecule has 0 aromatic heterocycles. The fourth-order valence-electron chi connectivity index (χ4n) is 7.56. The maximum absolute atomic E-state index is 13.0. The minimum absolute atomic E-state index is 0.0274. The van der Waals surface area contributed by atoms with Crippen molar-refractivity contribution in [1.29, 1.82) is 0 Å². The summed E-state index contributed by atoms with van der Waals surface area (Å²) in [6.45, 7) is 10.9. The van der Waals surface area contributed by atoms with Crippen molar-refractivity contribution in [2.24, 2.45) is 0 Å². The van der Waals surface area contributed by atoms with Crippen LogP contribution < -0.4 is 20.1 Å². The Bertz CT molecular complexity index is 1860. The monoisotopic (exact) mass is 661 g/mol. The Morgan fingerprint density at radius 1 is 0.913 bits per heavy atom. The van der Waals surface area contributed by atoms with E-state index in [4.69, 9.17) is 27.9 Å². The van der Waals surface area contributed by atoms with Crippen LogP contribution in [0.5, 0.6) is 11.5 Å². The van der Waals surface area contributed by atoms with E-state index in [0.29, 0.717) is 11.3 Å². The molecule has 2 N–H and O–H groups in total. The first-order valence-corrected chi connectivity index (χ1v) is 17.4. The molecule has 6 nitrogen and oxygen atoms in total. The predicted octanol–water partition coefficient (Wildman–Crippen LogP) is 8.32. The number of nitrogens with zero attached hydrogens (tertiary/aromatic N) is 1. The van der Waals surface area contributed by atoms with Crippen molar-refractivity contribution in [2.45, 2.75) is 90.9 Å². The molecule has 0 aliphatic carbocycles. The lowest BCUT2D eigenvalue weighted by Gasteiger charge is -2.36. The van der Waals surface area contributed by atoms with Crippen LogP contribution in [0.3, 0.4) is 0 Å². The standard InChI is InChI=1S/C38H41Cl2NO5/c1-4-6-8-12-22-18-26-30(31-29(39)20-28(37(42)43)33(40)32(31)38(44)45)27-19-23-13-9-10-16-41-17-11-15-25(34(23)41)36(27)46-35(26)24(21(22)3)14-7-5-2/h18-20H,3-17H2,1-2H3,(H,42,43)(H,44,45). The fraction of sp³-hybridized carbons (Fsp3) is 0.421. The third kappa shape index (κ3) is 5.58. The Morgan fingerprint density at radius 3 is 2.39 bits per heavy atom. The van der Waals surface area contributed by atoms with Gasteiger partial charge in [-0.2, -0.15) is 0 Å². The molecule has 8 heteroatoms. The number of halogens is 2. The van der Waals surface area contributed by atoms with E-state index in [1.54, 1.807) is 0 Å². The number of hydrogen-bond donors (Lipinski definition) is 2. The van der Waals surface area contributed by atoms with Gasteiger partial charge in [0.25, 0.3) is 0 Å². The number of aryl methyl sites for hydroxylation is 2. The first kappa shape index (κ1) is 32.5. The van der Waals surface area contributed by atoms with Gasteiger partial charge in [-0.3, -0.25) is 0 Å². The SMILES string of the molecule is C=c1c(CCCCC)cc2c(c1CCCC)Oc1c(cc3c4c1CCCN4CCCC3)C=2c1c(Cl)cc(C(=O)O)c(Cl)c1C(=O)O. The highest BCUT2D eigenvalue weighted by Gasteiger charge is 2.36. The molecular formula is C38H41Cl2NO5. The Kier molecular flexibility index (Phi) is 9.40. The van der Waals surface area contributed by atoms with Crippen LogP contribution in [0.2, 0.25) is 10.0 Å².